The number of rotatable bonds is 3. The topological polar surface area (TPSA) is 94.0 Å². The van der Waals surface area contributed by atoms with Crippen molar-refractivity contribution in [1.82, 2.24) is 24.9 Å². The van der Waals surface area contributed by atoms with Gasteiger partial charge in [0.1, 0.15) is 5.69 Å². The van der Waals surface area contributed by atoms with E-state index in [-0.39, 0.29) is 5.11 Å². The first-order chi connectivity index (χ1) is 10.6. The molecule has 7 nitrogen and oxygen atoms in total. The Labute approximate surface area is 131 Å². The first kappa shape index (κ1) is 14.1. The van der Waals surface area contributed by atoms with Crippen molar-refractivity contribution in [2.45, 2.75) is 0 Å². The Morgan fingerprint density at radius 3 is 2.91 bits per heavy atom. The highest BCUT2D eigenvalue weighted by molar-refractivity contribution is 7.80. The quantitative estimate of drug-likeness (QED) is 0.429. The number of nitrogens with two attached hydrogens (primary N) is 1. The van der Waals surface area contributed by atoms with Crippen LogP contribution in [0, 0.1) is 0 Å². The Kier molecular flexibility index (Phi) is 3.75. The second-order valence-electron chi connectivity index (χ2n) is 4.57. The number of benzene rings is 1. The molecule has 110 valence electrons. The molecule has 2 heterocycles. The van der Waals surface area contributed by atoms with Gasteiger partial charge in [-0.25, -0.2) is 15.0 Å². The molecule has 0 saturated carbocycles. The number of aryl methyl sites for hydroxylation is 1. The maximum atomic E-state index is 5.36. The summed E-state index contributed by atoms with van der Waals surface area (Å²) in [5.74, 6) is 0.579. The predicted octanol–water partition coefficient (Wildman–Crippen LogP) is 1.20. The van der Waals surface area contributed by atoms with Crippen molar-refractivity contribution in [3.05, 3.63) is 42.5 Å². The van der Waals surface area contributed by atoms with Gasteiger partial charge in [-0.3, -0.25) is 5.43 Å². The molecule has 0 amide bonds. The van der Waals surface area contributed by atoms with Crippen molar-refractivity contribution in [1.29, 1.82) is 0 Å². The van der Waals surface area contributed by atoms with E-state index >= 15 is 0 Å². The van der Waals surface area contributed by atoms with Crippen molar-refractivity contribution >= 4 is 34.4 Å². The van der Waals surface area contributed by atoms with E-state index in [4.69, 9.17) is 18.0 Å². The van der Waals surface area contributed by atoms with Crippen LogP contribution in [0.15, 0.2) is 41.9 Å². The number of nitrogens with zero attached hydrogens (tertiary/aromatic N) is 5. The minimum Gasteiger partial charge on any atom is -0.375 e. The van der Waals surface area contributed by atoms with Gasteiger partial charge in [-0.15, -0.1) is 0 Å². The fraction of sp³-hybridized carbons (Fsp3) is 0.0714. The molecule has 0 bridgehead atoms. The van der Waals surface area contributed by atoms with Gasteiger partial charge in [-0.2, -0.15) is 5.10 Å². The lowest BCUT2D eigenvalue weighted by atomic mass is 10.2. The van der Waals surface area contributed by atoms with Crippen LogP contribution in [0.4, 0.5) is 0 Å². The van der Waals surface area contributed by atoms with Gasteiger partial charge in [0, 0.05) is 12.4 Å². The minimum absolute atomic E-state index is 0.0986. The predicted molar refractivity (Wildman–Crippen MR) is 89.3 cm³/mol. The Morgan fingerprint density at radius 2 is 2.18 bits per heavy atom. The van der Waals surface area contributed by atoms with Crippen LogP contribution >= 0.6 is 12.2 Å². The van der Waals surface area contributed by atoms with Crippen LogP contribution in [0.25, 0.3) is 22.4 Å². The highest BCUT2D eigenvalue weighted by atomic mass is 32.1. The third kappa shape index (κ3) is 2.77. The summed E-state index contributed by atoms with van der Waals surface area (Å²) in [7, 11) is 1.89. The molecule has 3 rings (SSSR count). The number of nitrogens with one attached hydrogen (secondary N) is 1. The number of imidazole rings is 1. The van der Waals surface area contributed by atoms with E-state index in [1.165, 1.54) is 0 Å². The van der Waals surface area contributed by atoms with Gasteiger partial charge in [0.2, 0.25) is 0 Å². The molecule has 0 fully saturated rings. The van der Waals surface area contributed by atoms with Crippen LogP contribution in [0.1, 0.15) is 5.69 Å². The molecule has 3 aromatic rings. The zero-order valence-corrected chi connectivity index (χ0v) is 12.6. The third-order valence-corrected chi connectivity index (χ3v) is 3.13. The van der Waals surface area contributed by atoms with Crippen molar-refractivity contribution < 1.29 is 0 Å². The van der Waals surface area contributed by atoms with Gasteiger partial charge in [-0.05, 0) is 18.3 Å². The maximum absolute atomic E-state index is 5.36. The standard InChI is InChI=1S/C14H13N7S/c1-21-8-16-7-12(21)13-18-10-5-3-2-4-9(10)11(19-13)6-17-20-14(15)22/h2-8H,1H3,(H3,15,20,22)/b17-6+. The van der Waals surface area contributed by atoms with E-state index < -0.39 is 0 Å². The molecule has 0 unspecified atom stereocenters. The van der Waals surface area contributed by atoms with E-state index in [0.29, 0.717) is 11.5 Å². The first-order valence-corrected chi connectivity index (χ1v) is 6.88. The number of hydrogen-bond acceptors (Lipinski definition) is 5. The molecule has 22 heavy (non-hydrogen) atoms. The summed E-state index contributed by atoms with van der Waals surface area (Å²) in [5.41, 5.74) is 10.2. The van der Waals surface area contributed by atoms with Gasteiger partial charge in [0.05, 0.1) is 29.9 Å². The van der Waals surface area contributed by atoms with Crippen LogP contribution in [0.3, 0.4) is 0 Å². The average molecular weight is 311 g/mol. The van der Waals surface area contributed by atoms with Gasteiger partial charge < -0.3 is 10.3 Å². The van der Waals surface area contributed by atoms with Gasteiger partial charge in [0.15, 0.2) is 10.9 Å². The Hall–Kier alpha value is -2.87. The summed E-state index contributed by atoms with van der Waals surface area (Å²) in [4.78, 5) is 13.2. The number of para-hydroxylation sites is 1. The molecule has 8 heteroatoms. The average Bonchev–Trinajstić information content (AvgIpc) is 2.93. The Balaban J connectivity index is 2.14. The highest BCUT2D eigenvalue weighted by Gasteiger charge is 2.10. The number of fused-ring (bicyclic) bond motifs is 1. The summed E-state index contributed by atoms with van der Waals surface area (Å²) >= 11 is 4.72. The molecule has 0 radical (unpaired) electrons. The van der Waals surface area contributed by atoms with Gasteiger partial charge in [0.25, 0.3) is 0 Å². The normalized spacial score (nSPS) is 11.1. The minimum atomic E-state index is 0.0986. The zero-order valence-electron chi connectivity index (χ0n) is 11.8. The summed E-state index contributed by atoms with van der Waals surface area (Å²) in [6.07, 6.45) is 5.00. The SMILES string of the molecule is Cn1cncc1-c1nc(/C=N/NC(N)=S)c2ccccc2n1. The lowest BCUT2D eigenvalue weighted by Crippen LogP contribution is -2.24. The monoisotopic (exact) mass is 311 g/mol. The fourth-order valence-electron chi connectivity index (χ4n) is 2.04. The molecular weight excluding hydrogens is 298 g/mol. The first-order valence-electron chi connectivity index (χ1n) is 6.47. The molecule has 0 spiro atoms. The van der Waals surface area contributed by atoms with Crippen LogP contribution in [0.5, 0.6) is 0 Å². The van der Waals surface area contributed by atoms with Crippen LogP contribution in [-0.4, -0.2) is 30.8 Å². The lowest BCUT2D eigenvalue weighted by Gasteiger charge is -2.06. The summed E-state index contributed by atoms with van der Waals surface area (Å²) in [6.45, 7) is 0. The van der Waals surface area contributed by atoms with Crippen molar-refractivity contribution in [3.8, 4) is 11.5 Å². The van der Waals surface area contributed by atoms with E-state index in [1.807, 2.05) is 35.9 Å². The molecule has 0 saturated heterocycles. The third-order valence-electron chi connectivity index (χ3n) is 3.04. The fourth-order valence-corrected chi connectivity index (χ4v) is 2.10. The molecule has 1 aromatic carbocycles. The molecule has 0 aliphatic carbocycles. The smallest absolute Gasteiger partial charge is 0.184 e. The van der Waals surface area contributed by atoms with Gasteiger partial charge in [-0.1, -0.05) is 18.2 Å². The largest absolute Gasteiger partial charge is 0.375 e. The van der Waals surface area contributed by atoms with Crippen LogP contribution < -0.4 is 11.2 Å². The summed E-state index contributed by atoms with van der Waals surface area (Å²) < 4.78 is 1.86. The number of thiocarbonyl (C=S) groups is 1. The molecule has 0 aliphatic heterocycles. The second-order valence-corrected chi connectivity index (χ2v) is 5.01. The van der Waals surface area contributed by atoms with Crippen molar-refractivity contribution in [3.63, 3.8) is 0 Å². The Morgan fingerprint density at radius 1 is 1.36 bits per heavy atom. The molecule has 3 N–H and O–H groups in total. The number of hydrazone groups is 1. The highest BCUT2D eigenvalue weighted by Crippen LogP contribution is 2.20. The van der Waals surface area contributed by atoms with Crippen LogP contribution in [0.2, 0.25) is 0 Å². The number of hydrogen-bond donors (Lipinski definition) is 2. The number of aromatic nitrogens is 4. The molecule has 2 aromatic heterocycles. The summed E-state index contributed by atoms with van der Waals surface area (Å²) in [6, 6.07) is 7.71. The maximum Gasteiger partial charge on any atom is 0.184 e. The molecule has 0 aliphatic rings. The van der Waals surface area contributed by atoms with Crippen molar-refractivity contribution in [2.24, 2.45) is 17.9 Å². The molecule has 0 atom stereocenters. The van der Waals surface area contributed by atoms with Crippen LogP contribution in [-0.2, 0) is 7.05 Å². The lowest BCUT2D eigenvalue weighted by molar-refractivity contribution is 0.910. The van der Waals surface area contributed by atoms with E-state index in [1.54, 1.807) is 18.7 Å². The second kappa shape index (κ2) is 5.86. The molecular formula is C14H13N7S. The van der Waals surface area contributed by atoms with E-state index in [2.05, 4.69) is 25.5 Å². The summed E-state index contributed by atoms with van der Waals surface area (Å²) in [5, 5.41) is 4.97. The zero-order chi connectivity index (χ0) is 15.5. The van der Waals surface area contributed by atoms with E-state index in [0.717, 1.165) is 16.6 Å². The van der Waals surface area contributed by atoms with Gasteiger partial charge >= 0.3 is 0 Å². The van der Waals surface area contributed by atoms with Crippen molar-refractivity contribution in [2.75, 3.05) is 0 Å². The van der Waals surface area contributed by atoms with E-state index in [9.17, 15) is 0 Å². The Bertz CT molecular complexity index is 869.